The largest absolute Gasteiger partial charge is 0.294 e. The van der Waals surface area contributed by atoms with Gasteiger partial charge < -0.3 is 0 Å². The predicted molar refractivity (Wildman–Crippen MR) is 74.0 cm³/mol. The van der Waals surface area contributed by atoms with Crippen LogP contribution in [-0.2, 0) is 4.79 Å². The van der Waals surface area contributed by atoms with Crippen LogP contribution in [0.5, 0.6) is 0 Å². The number of rotatable bonds is 2. The molecule has 0 spiro atoms. The van der Waals surface area contributed by atoms with Crippen LogP contribution in [0.15, 0.2) is 18.2 Å². The highest BCUT2D eigenvalue weighted by Gasteiger charge is 2.27. The van der Waals surface area contributed by atoms with Crippen molar-refractivity contribution in [3.05, 3.63) is 27.6 Å². The van der Waals surface area contributed by atoms with E-state index in [0.29, 0.717) is 5.92 Å². The van der Waals surface area contributed by atoms with Crippen LogP contribution in [0.3, 0.4) is 0 Å². The summed E-state index contributed by atoms with van der Waals surface area (Å²) in [6, 6.07) is 6.12. The lowest BCUT2D eigenvalue weighted by molar-refractivity contribution is -0.126. The second-order valence-corrected chi connectivity index (χ2v) is 5.55. The predicted octanol–water partition coefficient (Wildman–Crippen LogP) is 1.95. The molecule has 2 rings (SSSR count). The summed E-state index contributed by atoms with van der Waals surface area (Å²) in [5, 5.41) is 0. The van der Waals surface area contributed by atoms with Crippen LogP contribution >= 0.6 is 22.6 Å². The fraction of sp³-hybridized carbons (Fsp3) is 0.500. The molecule has 0 atom stereocenters. The third-order valence-corrected chi connectivity index (χ3v) is 4.00. The molecule has 0 radical (unpaired) electrons. The zero-order valence-electron chi connectivity index (χ0n) is 9.53. The van der Waals surface area contributed by atoms with Crippen molar-refractivity contribution in [2.75, 3.05) is 0 Å². The van der Waals surface area contributed by atoms with Gasteiger partial charge in [0.2, 0.25) is 5.91 Å². The highest BCUT2D eigenvalue weighted by Crippen LogP contribution is 2.34. The average molecular weight is 345 g/mol. The lowest BCUT2D eigenvalue weighted by Crippen LogP contribution is -2.37. The van der Waals surface area contributed by atoms with Crippen molar-refractivity contribution in [1.29, 1.82) is 0 Å². The average Bonchev–Trinajstić information content (AvgIpc) is 2.38. The van der Waals surface area contributed by atoms with E-state index in [4.69, 9.17) is 5.84 Å². The van der Waals surface area contributed by atoms with E-state index >= 15 is 0 Å². The Hall–Kier alpha value is -0.690. The van der Waals surface area contributed by atoms with Crippen molar-refractivity contribution >= 4 is 28.5 Å². The monoisotopic (exact) mass is 345 g/mol. The molecule has 1 amide bonds. The van der Waals surface area contributed by atoms with Gasteiger partial charge in [-0.15, -0.1) is 0 Å². The van der Waals surface area contributed by atoms with Crippen LogP contribution in [-0.4, -0.2) is 10.9 Å². The lowest BCUT2D eigenvalue weighted by atomic mass is 9.80. The minimum absolute atomic E-state index is 0.0287. The third-order valence-electron chi connectivity index (χ3n) is 3.40. The summed E-state index contributed by atoms with van der Waals surface area (Å²) >= 11 is 2.23. The van der Waals surface area contributed by atoms with E-state index in [1.165, 1.54) is 0 Å². The molecule has 1 fully saturated rings. The minimum Gasteiger partial charge on any atom is -0.294 e. The van der Waals surface area contributed by atoms with Gasteiger partial charge >= 0.3 is 0 Å². The molecule has 5 heteroatoms. The van der Waals surface area contributed by atoms with Gasteiger partial charge in [0, 0.05) is 17.5 Å². The Morgan fingerprint density at radius 2 is 2.06 bits per heavy atom. The fourth-order valence-corrected chi connectivity index (χ4v) is 2.91. The van der Waals surface area contributed by atoms with Crippen LogP contribution in [0, 0.1) is 9.62 Å². The maximum absolute atomic E-state index is 11.4. The number of aromatic nitrogens is 1. The second kappa shape index (κ2) is 5.77. The van der Waals surface area contributed by atoms with Gasteiger partial charge in [0.05, 0.1) is 0 Å². The summed E-state index contributed by atoms with van der Waals surface area (Å²) in [5.41, 5.74) is 3.40. The molecule has 92 valence electrons. The first-order valence-corrected chi connectivity index (χ1v) is 6.91. The Morgan fingerprint density at radius 3 is 2.65 bits per heavy atom. The van der Waals surface area contributed by atoms with E-state index < -0.39 is 0 Å². The first kappa shape index (κ1) is 12.8. The number of halogens is 1. The number of hydrogen-bond donors (Lipinski definition) is 2. The smallest absolute Gasteiger partial charge is 0.236 e. The van der Waals surface area contributed by atoms with E-state index in [9.17, 15) is 4.79 Å². The molecule has 1 saturated carbocycles. The SMILES string of the molecule is NNC(=O)[C@H]1CC[C@H](c2cccc(I)n2)CC1. The molecule has 1 heterocycles. The Morgan fingerprint density at radius 1 is 1.35 bits per heavy atom. The van der Waals surface area contributed by atoms with E-state index in [-0.39, 0.29) is 11.8 Å². The molecule has 0 aromatic carbocycles. The van der Waals surface area contributed by atoms with Gasteiger partial charge in [-0.05, 0) is 60.4 Å². The van der Waals surface area contributed by atoms with Crippen LogP contribution in [0.25, 0.3) is 0 Å². The Bertz CT molecular complexity index is 402. The molecule has 1 aliphatic carbocycles. The molecule has 4 nitrogen and oxygen atoms in total. The first-order valence-electron chi connectivity index (χ1n) is 5.83. The summed E-state index contributed by atoms with van der Waals surface area (Å²) in [7, 11) is 0. The molecular weight excluding hydrogens is 329 g/mol. The number of hydrogen-bond acceptors (Lipinski definition) is 3. The molecule has 0 aliphatic heterocycles. The van der Waals surface area contributed by atoms with Gasteiger partial charge in [0.25, 0.3) is 0 Å². The van der Waals surface area contributed by atoms with Crippen molar-refractivity contribution < 1.29 is 4.79 Å². The van der Waals surface area contributed by atoms with Gasteiger partial charge in [-0.2, -0.15) is 0 Å². The molecule has 0 saturated heterocycles. The van der Waals surface area contributed by atoms with Gasteiger partial charge in [-0.3, -0.25) is 10.2 Å². The molecule has 3 N–H and O–H groups in total. The Balaban J connectivity index is 1.97. The van der Waals surface area contributed by atoms with E-state index in [1.807, 2.05) is 12.1 Å². The molecule has 17 heavy (non-hydrogen) atoms. The van der Waals surface area contributed by atoms with E-state index in [0.717, 1.165) is 35.1 Å². The lowest BCUT2D eigenvalue weighted by Gasteiger charge is -2.26. The van der Waals surface area contributed by atoms with Crippen LogP contribution in [0.4, 0.5) is 0 Å². The zero-order valence-corrected chi connectivity index (χ0v) is 11.7. The molecular formula is C12H16IN3O. The van der Waals surface area contributed by atoms with Crippen molar-refractivity contribution in [3.63, 3.8) is 0 Å². The summed E-state index contributed by atoms with van der Waals surface area (Å²) in [6.45, 7) is 0. The van der Waals surface area contributed by atoms with Gasteiger partial charge in [0.15, 0.2) is 0 Å². The highest BCUT2D eigenvalue weighted by molar-refractivity contribution is 14.1. The number of pyridine rings is 1. The normalized spacial score (nSPS) is 24.4. The van der Waals surface area contributed by atoms with Crippen LogP contribution in [0.2, 0.25) is 0 Å². The number of amides is 1. The Labute approximate surface area is 114 Å². The number of nitrogens with one attached hydrogen (secondary N) is 1. The molecule has 1 aliphatic rings. The molecule has 1 aromatic heterocycles. The summed E-state index contributed by atoms with van der Waals surface area (Å²) in [5.74, 6) is 5.70. The quantitative estimate of drug-likeness (QED) is 0.283. The number of nitrogens with zero attached hydrogens (tertiary/aromatic N) is 1. The summed E-state index contributed by atoms with van der Waals surface area (Å²) in [6.07, 6.45) is 3.85. The summed E-state index contributed by atoms with van der Waals surface area (Å²) < 4.78 is 1.03. The van der Waals surface area contributed by atoms with Gasteiger partial charge in [-0.1, -0.05) is 6.07 Å². The van der Waals surface area contributed by atoms with E-state index in [2.05, 4.69) is 39.1 Å². The van der Waals surface area contributed by atoms with Crippen molar-refractivity contribution in [3.8, 4) is 0 Å². The summed E-state index contributed by atoms with van der Waals surface area (Å²) in [4.78, 5) is 16.0. The third kappa shape index (κ3) is 3.16. The standard InChI is InChI=1S/C12H16IN3O/c13-11-3-1-2-10(15-11)8-4-6-9(7-5-8)12(17)16-14/h1-3,8-9H,4-7,14H2,(H,16,17)/t8-,9-. The minimum atomic E-state index is -0.0287. The maximum Gasteiger partial charge on any atom is 0.236 e. The fourth-order valence-electron chi connectivity index (χ4n) is 2.42. The maximum atomic E-state index is 11.4. The molecule has 0 bridgehead atoms. The van der Waals surface area contributed by atoms with Crippen LogP contribution < -0.4 is 11.3 Å². The van der Waals surface area contributed by atoms with Crippen molar-refractivity contribution in [1.82, 2.24) is 10.4 Å². The first-order chi connectivity index (χ1) is 8.20. The number of carbonyl (C=O) groups is 1. The zero-order chi connectivity index (χ0) is 12.3. The van der Waals surface area contributed by atoms with Crippen molar-refractivity contribution in [2.45, 2.75) is 31.6 Å². The van der Waals surface area contributed by atoms with Gasteiger partial charge in [-0.25, -0.2) is 10.8 Å². The number of nitrogens with two attached hydrogens (primary N) is 1. The second-order valence-electron chi connectivity index (χ2n) is 4.44. The topological polar surface area (TPSA) is 68.0 Å². The number of hydrazine groups is 1. The highest BCUT2D eigenvalue weighted by atomic mass is 127. The Kier molecular flexibility index (Phi) is 4.33. The van der Waals surface area contributed by atoms with Crippen LogP contribution in [0.1, 0.15) is 37.3 Å². The van der Waals surface area contributed by atoms with Crippen molar-refractivity contribution in [2.24, 2.45) is 11.8 Å². The molecule has 1 aromatic rings. The van der Waals surface area contributed by atoms with E-state index in [1.54, 1.807) is 0 Å². The van der Waals surface area contributed by atoms with Gasteiger partial charge in [0.1, 0.15) is 3.70 Å². The molecule has 0 unspecified atom stereocenters. The number of carbonyl (C=O) groups excluding carboxylic acids is 1.